The number of benzene rings is 2. The molecule has 0 aromatic heterocycles. The van der Waals surface area contributed by atoms with Crippen LogP contribution in [0.4, 0.5) is 0 Å². The van der Waals surface area contributed by atoms with Crippen LogP contribution in [0.25, 0.3) is 0 Å². The maximum atomic E-state index is 12.6. The Morgan fingerprint density at radius 1 is 1.12 bits per heavy atom. The SMILES string of the molecule is COC(=O)c1cc(S(=O)(=O)N[C@H](C)COc2ccc(C)cc2)ccc1C. The largest absolute Gasteiger partial charge is 0.492 e. The zero-order valence-electron chi connectivity index (χ0n) is 15.3. The van der Waals surface area contributed by atoms with Gasteiger partial charge in [0.2, 0.25) is 10.0 Å². The monoisotopic (exact) mass is 377 g/mol. The van der Waals surface area contributed by atoms with Gasteiger partial charge >= 0.3 is 5.97 Å². The van der Waals surface area contributed by atoms with E-state index in [0.717, 1.165) is 5.56 Å². The van der Waals surface area contributed by atoms with Crippen molar-refractivity contribution in [3.05, 3.63) is 59.2 Å². The summed E-state index contributed by atoms with van der Waals surface area (Å²) in [5, 5.41) is 0. The first-order chi connectivity index (χ1) is 12.2. The molecule has 6 nitrogen and oxygen atoms in total. The van der Waals surface area contributed by atoms with Gasteiger partial charge in [0.15, 0.2) is 0 Å². The second-order valence-corrected chi connectivity index (χ2v) is 7.83. The number of rotatable bonds is 7. The summed E-state index contributed by atoms with van der Waals surface area (Å²) in [5.41, 5.74) is 1.98. The molecular weight excluding hydrogens is 354 g/mol. The molecule has 0 fully saturated rings. The van der Waals surface area contributed by atoms with Crippen molar-refractivity contribution in [1.29, 1.82) is 0 Å². The first kappa shape index (κ1) is 19.9. The molecule has 0 amide bonds. The van der Waals surface area contributed by atoms with Crippen molar-refractivity contribution in [3.8, 4) is 5.75 Å². The Balaban J connectivity index is 2.07. The van der Waals surface area contributed by atoms with Gasteiger partial charge in [-0.1, -0.05) is 23.8 Å². The summed E-state index contributed by atoms with van der Waals surface area (Å²) in [5.74, 6) is 0.0975. The third kappa shape index (κ3) is 5.06. The summed E-state index contributed by atoms with van der Waals surface area (Å²) in [6, 6.07) is 11.4. The Morgan fingerprint density at radius 2 is 1.77 bits per heavy atom. The van der Waals surface area contributed by atoms with E-state index < -0.39 is 22.0 Å². The zero-order valence-corrected chi connectivity index (χ0v) is 16.1. The molecule has 0 unspecified atom stereocenters. The maximum absolute atomic E-state index is 12.6. The van der Waals surface area contributed by atoms with Crippen molar-refractivity contribution in [1.82, 2.24) is 4.72 Å². The van der Waals surface area contributed by atoms with E-state index in [1.807, 2.05) is 31.2 Å². The number of hydrogen-bond acceptors (Lipinski definition) is 5. The van der Waals surface area contributed by atoms with E-state index in [9.17, 15) is 13.2 Å². The van der Waals surface area contributed by atoms with E-state index in [1.54, 1.807) is 19.9 Å². The summed E-state index contributed by atoms with van der Waals surface area (Å²) < 4.78 is 38.0. The predicted octanol–water partition coefficient (Wildman–Crippen LogP) is 2.84. The number of sulfonamides is 1. The zero-order chi connectivity index (χ0) is 19.3. The number of ether oxygens (including phenoxy) is 2. The molecule has 2 rings (SSSR count). The van der Waals surface area contributed by atoms with E-state index in [2.05, 4.69) is 9.46 Å². The van der Waals surface area contributed by atoms with Gasteiger partial charge in [-0.3, -0.25) is 0 Å². The molecule has 2 aromatic rings. The molecule has 0 aliphatic rings. The summed E-state index contributed by atoms with van der Waals surface area (Å²) >= 11 is 0. The van der Waals surface area contributed by atoms with Crippen LogP contribution in [-0.2, 0) is 14.8 Å². The van der Waals surface area contributed by atoms with Crippen molar-refractivity contribution in [2.24, 2.45) is 0 Å². The molecule has 0 radical (unpaired) electrons. The fraction of sp³-hybridized carbons (Fsp3) is 0.316. The fourth-order valence-electron chi connectivity index (χ4n) is 2.32. The van der Waals surface area contributed by atoms with Crippen LogP contribution in [0.5, 0.6) is 5.75 Å². The Bertz CT molecular complexity index is 875. The van der Waals surface area contributed by atoms with Gasteiger partial charge in [0.05, 0.1) is 23.6 Å². The molecule has 0 aliphatic carbocycles. The Morgan fingerprint density at radius 3 is 2.38 bits per heavy atom. The van der Waals surface area contributed by atoms with Crippen LogP contribution in [0, 0.1) is 13.8 Å². The number of carbonyl (C=O) groups is 1. The van der Waals surface area contributed by atoms with Crippen LogP contribution < -0.4 is 9.46 Å². The lowest BCUT2D eigenvalue weighted by atomic mass is 10.1. The van der Waals surface area contributed by atoms with Gasteiger partial charge in [0, 0.05) is 0 Å². The lowest BCUT2D eigenvalue weighted by Gasteiger charge is -2.16. The molecule has 1 atom stereocenters. The van der Waals surface area contributed by atoms with Gasteiger partial charge in [-0.15, -0.1) is 0 Å². The Hall–Kier alpha value is -2.38. The molecule has 1 N–H and O–H groups in total. The molecule has 0 aliphatic heterocycles. The van der Waals surface area contributed by atoms with Crippen LogP contribution in [0.1, 0.15) is 28.4 Å². The summed E-state index contributed by atoms with van der Waals surface area (Å²) in [4.78, 5) is 11.8. The van der Waals surface area contributed by atoms with Gasteiger partial charge in [0.25, 0.3) is 0 Å². The lowest BCUT2D eigenvalue weighted by Crippen LogP contribution is -2.36. The second kappa shape index (κ2) is 8.33. The molecule has 26 heavy (non-hydrogen) atoms. The first-order valence-electron chi connectivity index (χ1n) is 8.13. The predicted molar refractivity (Wildman–Crippen MR) is 99.0 cm³/mol. The number of esters is 1. The van der Waals surface area contributed by atoms with Gasteiger partial charge < -0.3 is 9.47 Å². The standard InChI is InChI=1S/C19H23NO5S/c1-13-5-8-16(9-6-13)25-12-15(3)20-26(22,23)17-10-7-14(2)18(11-17)19(21)24-4/h5-11,15,20H,12H2,1-4H3/t15-/m1/s1. The highest BCUT2D eigenvalue weighted by Gasteiger charge is 2.20. The first-order valence-corrected chi connectivity index (χ1v) is 9.62. The van der Waals surface area contributed by atoms with E-state index >= 15 is 0 Å². The van der Waals surface area contributed by atoms with Crippen LogP contribution in [0.2, 0.25) is 0 Å². The van der Waals surface area contributed by atoms with Crippen LogP contribution >= 0.6 is 0 Å². The number of nitrogens with one attached hydrogen (secondary N) is 1. The molecule has 0 saturated heterocycles. The summed E-state index contributed by atoms with van der Waals surface area (Å²) in [6.07, 6.45) is 0. The number of hydrogen-bond donors (Lipinski definition) is 1. The number of aryl methyl sites for hydroxylation is 2. The topological polar surface area (TPSA) is 81.7 Å². The smallest absolute Gasteiger partial charge is 0.338 e. The lowest BCUT2D eigenvalue weighted by molar-refractivity contribution is 0.0599. The van der Waals surface area contributed by atoms with Crippen molar-refractivity contribution in [2.45, 2.75) is 31.7 Å². The van der Waals surface area contributed by atoms with Crippen molar-refractivity contribution in [2.75, 3.05) is 13.7 Å². The average Bonchev–Trinajstić information content (AvgIpc) is 2.60. The molecule has 0 bridgehead atoms. The molecule has 0 saturated carbocycles. The second-order valence-electron chi connectivity index (χ2n) is 6.11. The number of methoxy groups -OCH3 is 1. The van der Waals surface area contributed by atoms with Gasteiger partial charge in [-0.25, -0.2) is 17.9 Å². The molecule has 140 valence electrons. The minimum absolute atomic E-state index is 0.00526. The minimum Gasteiger partial charge on any atom is -0.492 e. The highest BCUT2D eigenvalue weighted by molar-refractivity contribution is 7.89. The van der Waals surface area contributed by atoms with Gasteiger partial charge in [-0.2, -0.15) is 0 Å². The van der Waals surface area contributed by atoms with E-state index in [1.165, 1.54) is 19.2 Å². The van der Waals surface area contributed by atoms with Crippen LogP contribution in [0.3, 0.4) is 0 Å². The molecular formula is C19H23NO5S. The number of carbonyl (C=O) groups excluding carboxylic acids is 1. The third-order valence-corrected chi connectivity index (χ3v) is 5.39. The van der Waals surface area contributed by atoms with Crippen molar-refractivity contribution >= 4 is 16.0 Å². The molecule has 0 spiro atoms. The third-order valence-electron chi connectivity index (χ3n) is 3.80. The molecule has 2 aromatic carbocycles. The maximum Gasteiger partial charge on any atom is 0.338 e. The summed E-state index contributed by atoms with van der Waals surface area (Å²) in [6.45, 7) is 5.58. The molecule has 7 heteroatoms. The van der Waals surface area contributed by atoms with E-state index in [-0.39, 0.29) is 17.1 Å². The van der Waals surface area contributed by atoms with Gasteiger partial charge in [0.1, 0.15) is 12.4 Å². The van der Waals surface area contributed by atoms with Crippen LogP contribution in [0.15, 0.2) is 47.4 Å². The molecule has 0 heterocycles. The fourth-order valence-corrected chi connectivity index (χ4v) is 3.57. The van der Waals surface area contributed by atoms with E-state index in [4.69, 9.17) is 4.74 Å². The van der Waals surface area contributed by atoms with Crippen molar-refractivity contribution in [3.63, 3.8) is 0 Å². The summed E-state index contributed by atoms with van der Waals surface area (Å²) in [7, 11) is -2.53. The quantitative estimate of drug-likeness (QED) is 0.751. The van der Waals surface area contributed by atoms with Crippen molar-refractivity contribution < 1.29 is 22.7 Å². The highest BCUT2D eigenvalue weighted by atomic mass is 32.2. The normalized spacial score (nSPS) is 12.5. The van der Waals surface area contributed by atoms with Gasteiger partial charge in [-0.05, 0) is 50.6 Å². The average molecular weight is 377 g/mol. The highest BCUT2D eigenvalue weighted by Crippen LogP contribution is 2.17. The van der Waals surface area contributed by atoms with E-state index in [0.29, 0.717) is 11.3 Å². The van der Waals surface area contributed by atoms with Crippen LogP contribution in [-0.4, -0.2) is 34.1 Å². The minimum atomic E-state index is -3.79. The Labute approximate surface area is 154 Å². The Kier molecular flexibility index (Phi) is 6.39.